The Morgan fingerprint density at radius 2 is 1.77 bits per heavy atom. The number of anilines is 1. The topological polar surface area (TPSA) is 78.2 Å². The van der Waals surface area contributed by atoms with Gasteiger partial charge in [0.15, 0.2) is 17.1 Å². The molecule has 0 amide bonds. The van der Waals surface area contributed by atoms with E-state index in [2.05, 4.69) is 0 Å². The number of ketones is 1. The summed E-state index contributed by atoms with van der Waals surface area (Å²) in [6.07, 6.45) is 1.70. The fraction of sp³-hybridized carbons (Fsp3) is 0.143. The molecule has 0 bridgehead atoms. The van der Waals surface area contributed by atoms with Gasteiger partial charge in [0.05, 0.1) is 12.7 Å². The largest absolute Gasteiger partial charge is 0.493 e. The van der Waals surface area contributed by atoms with E-state index in [1.807, 2.05) is 55.4 Å². The molecule has 4 aromatic rings. The molecule has 3 aromatic carbocycles. The highest BCUT2D eigenvalue weighted by molar-refractivity contribution is 6.15. The lowest BCUT2D eigenvalue weighted by molar-refractivity contribution is 0.0702. The first kappa shape index (κ1) is 22.3. The summed E-state index contributed by atoms with van der Waals surface area (Å²) in [6, 6.07) is 18.0. The highest BCUT2D eigenvalue weighted by Gasteiger charge is 2.31. The Kier molecular flexibility index (Phi) is 5.53. The maximum absolute atomic E-state index is 12.9. The van der Waals surface area contributed by atoms with Gasteiger partial charge in [-0.1, -0.05) is 24.3 Å². The van der Waals surface area contributed by atoms with Crippen LogP contribution in [0.2, 0.25) is 0 Å². The lowest BCUT2D eigenvalue weighted by Crippen LogP contribution is -2.08. The monoisotopic (exact) mass is 469 g/mol. The number of Topliss-reactive ketones (excluding diaryl/α,β-unsaturated/α-hetero) is 1. The van der Waals surface area contributed by atoms with E-state index in [9.17, 15) is 9.59 Å². The summed E-state index contributed by atoms with van der Waals surface area (Å²) in [5.74, 6) is 0.567. The minimum atomic E-state index is -0.660. The number of rotatable bonds is 5. The molecular weight excluding hydrogens is 446 g/mol. The molecule has 5 rings (SSSR count). The van der Waals surface area contributed by atoms with Crippen LogP contribution in [0, 0.1) is 6.92 Å². The number of ether oxygens (including phenoxy) is 3. The van der Waals surface area contributed by atoms with Crippen molar-refractivity contribution in [2.24, 2.45) is 0 Å². The number of hydrogen-bond acceptors (Lipinski definition) is 7. The van der Waals surface area contributed by atoms with Gasteiger partial charge in [0, 0.05) is 30.7 Å². The SMILES string of the molecule is COc1cccc2cc(C(=O)Oc3ccc4c(c3C)O/C(=C\c3ccc(N(C)C)cc3)C4=O)oc12. The normalized spacial score (nSPS) is 13.6. The second-order valence-electron chi connectivity index (χ2n) is 8.37. The van der Waals surface area contributed by atoms with Crippen LogP contribution in [0.4, 0.5) is 5.69 Å². The maximum atomic E-state index is 12.9. The molecule has 0 aliphatic carbocycles. The summed E-state index contributed by atoms with van der Waals surface area (Å²) in [6.45, 7) is 1.74. The van der Waals surface area contributed by atoms with Crippen LogP contribution in [0.5, 0.6) is 17.2 Å². The summed E-state index contributed by atoms with van der Waals surface area (Å²) >= 11 is 0. The molecule has 0 radical (unpaired) electrons. The number of esters is 1. The number of fused-ring (bicyclic) bond motifs is 2. The van der Waals surface area contributed by atoms with Crippen LogP contribution >= 0.6 is 0 Å². The summed E-state index contributed by atoms with van der Waals surface area (Å²) in [4.78, 5) is 27.7. The van der Waals surface area contributed by atoms with E-state index in [0.717, 1.165) is 16.6 Å². The third kappa shape index (κ3) is 4.01. The smallest absolute Gasteiger partial charge is 0.379 e. The molecule has 0 unspecified atom stereocenters. The number of carbonyl (C=O) groups excluding carboxylic acids is 2. The second kappa shape index (κ2) is 8.68. The van der Waals surface area contributed by atoms with Crippen molar-refractivity contribution in [2.75, 3.05) is 26.1 Å². The van der Waals surface area contributed by atoms with Crippen LogP contribution in [0.1, 0.15) is 32.0 Å². The molecule has 1 aromatic heterocycles. The van der Waals surface area contributed by atoms with Crippen molar-refractivity contribution in [1.82, 2.24) is 0 Å². The number of methoxy groups -OCH3 is 1. The number of carbonyl (C=O) groups is 2. The van der Waals surface area contributed by atoms with Gasteiger partial charge in [-0.15, -0.1) is 0 Å². The Labute approximate surface area is 202 Å². The summed E-state index contributed by atoms with van der Waals surface area (Å²) in [7, 11) is 5.46. The first-order chi connectivity index (χ1) is 16.9. The van der Waals surface area contributed by atoms with Crippen LogP contribution in [-0.2, 0) is 0 Å². The van der Waals surface area contributed by atoms with E-state index in [1.165, 1.54) is 7.11 Å². The Morgan fingerprint density at radius 1 is 1.00 bits per heavy atom. The standard InChI is InChI=1S/C28H23NO6/c1-16-21(35-28(31)24-15-18-6-5-7-22(32-4)27(18)34-24)13-12-20-25(30)23(33-26(16)20)14-17-8-10-19(11-9-17)29(2)3/h5-15H,1-4H3/b23-14-. The van der Waals surface area contributed by atoms with Crippen molar-refractivity contribution >= 4 is 34.5 Å². The van der Waals surface area contributed by atoms with Gasteiger partial charge in [-0.3, -0.25) is 4.79 Å². The Morgan fingerprint density at radius 3 is 2.49 bits per heavy atom. The zero-order valence-electron chi connectivity index (χ0n) is 19.7. The Balaban J connectivity index is 1.39. The van der Waals surface area contributed by atoms with Crippen LogP contribution in [0.15, 0.2) is 70.8 Å². The number of nitrogens with zero attached hydrogens (tertiary/aromatic N) is 1. The van der Waals surface area contributed by atoms with Gasteiger partial charge in [-0.25, -0.2) is 4.79 Å². The number of allylic oxidation sites excluding steroid dienone is 1. The third-order valence-corrected chi connectivity index (χ3v) is 5.88. The predicted molar refractivity (Wildman–Crippen MR) is 133 cm³/mol. The Bertz CT molecular complexity index is 1490. The highest BCUT2D eigenvalue weighted by Crippen LogP contribution is 2.40. The molecule has 7 nitrogen and oxygen atoms in total. The molecule has 0 saturated carbocycles. The van der Waals surface area contributed by atoms with Gasteiger partial charge in [-0.2, -0.15) is 0 Å². The average molecular weight is 469 g/mol. The molecule has 0 saturated heterocycles. The Hall–Kier alpha value is -4.52. The highest BCUT2D eigenvalue weighted by atomic mass is 16.6. The van der Waals surface area contributed by atoms with Gasteiger partial charge in [0.25, 0.3) is 0 Å². The molecule has 35 heavy (non-hydrogen) atoms. The first-order valence-corrected chi connectivity index (χ1v) is 11.0. The fourth-order valence-corrected chi connectivity index (χ4v) is 3.95. The van der Waals surface area contributed by atoms with Crippen LogP contribution < -0.4 is 19.1 Å². The fourth-order valence-electron chi connectivity index (χ4n) is 3.95. The van der Waals surface area contributed by atoms with E-state index < -0.39 is 5.97 Å². The van der Waals surface area contributed by atoms with Gasteiger partial charge in [-0.05, 0) is 55.0 Å². The molecule has 7 heteroatoms. The third-order valence-electron chi connectivity index (χ3n) is 5.88. The number of hydrogen-bond donors (Lipinski definition) is 0. The van der Waals surface area contributed by atoms with Gasteiger partial charge in [0.1, 0.15) is 11.5 Å². The molecule has 176 valence electrons. The van der Waals surface area contributed by atoms with Crippen LogP contribution in [0.25, 0.3) is 17.0 Å². The summed E-state index contributed by atoms with van der Waals surface area (Å²) in [5.41, 5.74) is 3.34. The zero-order valence-corrected chi connectivity index (χ0v) is 19.7. The second-order valence-corrected chi connectivity index (χ2v) is 8.37. The van der Waals surface area contributed by atoms with Crippen molar-refractivity contribution < 1.29 is 28.2 Å². The molecule has 0 N–H and O–H groups in total. The maximum Gasteiger partial charge on any atom is 0.379 e. The molecule has 0 atom stereocenters. The average Bonchev–Trinajstić information content (AvgIpc) is 3.43. The first-order valence-electron chi connectivity index (χ1n) is 11.0. The van der Waals surface area contributed by atoms with E-state index in [0.29, 0.717) is 28.2 Å². The zero-order chi connectivity index (χ0) is 24.7. The predicted octanol–water partition coefficient (Wildman–Crippen LogP) is 5.65. The molecule has 1 aliphatic rings. The van der Waals surface area contributed by atoms with E-state index in [4.69, 9.17) is 18.6 Å². The summed E-state index contributed by atoms with van der Waals surface area (Å²) in [5, 5.41) is 0.726. The van der Waals surface area contributed by atoms with E-state index in [1.54, 1.807) is 37.3 Å². The quantitative estimate of drug-likeness (QED) is 0.212. The molecule has 0 fully saturated rings. The molecule has 0 spiro atoms. The summed E-state index contributed by atoms with van der Waals surface area (Å²) < 4.78 is 22.5. The van der Waals surface area contributed by atoms with Gasteiger partial charge < -0.3 is 23.5 Å². The van der Waals surface area contributed by atoms with Crippen molar-refractivity contribution in [2.45, 2.75) is 6.92 Å². The number of furan rings is 1. The van der Waals surface area contributed by atoms with Crippen molar-refractivity contribution in [3.8, 4) is 17.2 Å². The van der Waals surface area contributed by atoms with E-state index >= 15 is 0 Å². The lowest BCUT2D eigenvalue weighted by Gasteiger charge is -2.12. The van der Waals surface area contributed by atoms with Crippen LogP contribution in [-0.4, -0.2) is 33.0 Å². The molecule has 2 heterocycles. The van der Waals surface area contributed by atoms with Crippen molar-refractivity contribution in [3.63, 3.8) is 0 Å². The minimum absolute atomic E-state index is 0.0446. The number of benzene rings is 3. The van der Waals surface area contributed by atoms with Crippen molar-refractivity contribution in [3.05, 3.63) is 88.9 Å². The van der Waals surface area contributed by atoms with Crippen LogP contribution in [0.3, 0.4) is 0 Å². The molecule has 1 aliphatic heterocycles. The van der Waals surface area contributed by atoms with E-state index in [-0.39, 0.29) is 23.1 Å². The van der Waals surface area contributed by atoms with Crippen molar-refractivity contribution in [1.29, 1.82) is 0 Å². The lowest BCUT2D eigenvalue weighted by atomic mass is 10.1. The minimum Gasteiger partial charge on any atom is -0.493 e. The molecular formula is C28H23NO6. The van der Waals surface area contributed by atoms with Gasteiger partial charge >= 0.3 is 5.97 Å². The number of para-hydroxylation sites is 1. The van der Waals surface area contributed by atoms with Gasteiger partial charge in [0.2, 0.25) is 11.5 Å².